The van der Waals surface area contributed by atoms with Gasteiger partial charge < -0.3 is 20.5 Å². The number of hydrogen-bond acceptors (Lipinski definition) is 6. The molecule has 0 aliphatic carbocycles. The van der Waals surface area contributed by atoms with Crippen LogP contribution in [0.5, 0.6) is 11.5 Å². The van der Waals surface area contributed by atoms with Crippen molar-refractivity contribution < 1.29 is 14.3 Å². The van der Waals surface area contributed by atoms with Gasteiger partial charge in [0.05, 0.1) is 12.2 Å². The van der Waals surface area contributed by atoms with Crippen LogP contribution in [0.4, 0.5) is 5.95 Å². The van der Waals surface area contributed by atoms with E-state index in [1.807, 2.05) is 49.4 Å². The number of anilines is 1. The lowest BCUT2D eigenvalue weighted by Crippen LogP contribution is -2.31. The number of allylic oxidation sites excluding steroid dienone is 1. The van der Waals surface area contributed by atoms with Crippen LogP contribution in [0.2, 0.25) is 5.02 Å². The molecule has 2 aromatic carbocycles. The normalized spacial score (nSPS) is 15.3. The van der Waals surface area contributed by atoms with Crippen LogP contribution >= 0.6 is 11.6 Å². The molecule has 1 unspecified atom stereocenters. The molecule has 31 heavy (non-hydrogen) atoms. The van der Waals surface area contributed by atoms with Crippen molar-refractivity contribution in [2.45, 2.75) is 26.5 Å². The minimum Gasteiger partial charge on any atom is -0.490 e. The average Bonchev–Trinajstić information content (AvgIpc) is 3.21. The number of fused-ring (bicyclic) bond motifs is 1. The predicted molar refractivity (Wildman–Crippen MR) is 117 cm³/mol. The van der Waals surface area contributed by atoms with Gasteiger partial charge >= 0.3 is 0 Å². The number of hydrogen-bond donors (Lipinski definition) is 2. The van der Waals surface area contributed by atoms with Gasteiger partial charge in [-0.15, -0.1) is 0 Å². The zero-order valence-electron chi connectivity index (χ0n) is 17.1. The minimum atomic E-state index is -0.534. The number of nitrogens with two attached hydrogens (primary N) is 1. The van der Waals surface area contributed by atoms with Crippen molar-refractivity contribution in [2.75, 3.05) is 11.9 Å². The van der Waals surface area contributed by atoms with Gasteiger partial charge in [0.2, 0.25) is 11.9 Å². The average molecular weight is 440 g/mol. The Labute approximate surface area is 184 Å². The maximum Gasteiger partial charge on any atom is 0.248 e. The maximum absolute atomic E-state index is 12.2. The molecule has 0 radical (unpaired) electrons. The van der Waals surface area contributed by atoms with E-state index in [2.05, 4.69) is 15.4 Å². The summed E-state index contributed by atoms with van der Waals surface area (Å²) in [5.74, 6) is 1.12. The topological polar surface area (TPSA) is 104 Å². The number of benzene rings is 2. The Bertz CT molecular complexity index is 1160. The Balaban J connectivity index is 1.70. The fourth-order valence-corrected chi connectivity index (χ4v) is 3.76. The van der Waals surface area contributed by atoms with Crippen LogP contribution in [-0.4, -0.2) is 27.3 Å². The van der Waals surface area contributed by atoms with Gasteiger partial charge in [-0.05, 0) is 37.6 Å². The van der Waals surface area contributed by atoms with Crippen molar-refractivity contribution in [3.05, 3.63) is 76.2 Å². The molecule has 8 nitrogen and oxygen atoms in total. The zero-order valence-corrected chi connectivity index (χ0v) is 17.9. The van der Waals surface area contributed by atoms with Crippen molar-refractivity contribution in [1.82, 2.24) is 14.8 Å². The van der Waals surface area contributed by atoms with E-state index in [-0.39, 0.29) is 0 Å². The summed E-state index contributed by atoms with van der Waals surface area (Å²) in [6.07, 6.45) is 1.43. The summed E-state index contributed by atoms with van der Waals surface area (Å²) in [4.78, 5) is 16.5. The van der Waals surface area contributed by atoms with E-state index in [0.717, 1.165) is 11.1 Å². The largest absolute Gasteiger partial charge is 0.490 e. The Morgan fingerprint density at radius 2 is 2.03 bits per heavy atom. The molecule has 1 atom stereocenters. The van der Waals surface area contributed by atoms with E-state index in [9.17, 15) is 4.79 Å². The predicted octanol–water partition coefficient (Wildman–Crippen LogP) is 3.68. The highest BCUT2D eigenvalue weighted by atomic mass is 35.5. The van der Waals surface area contributed by atoms with Crippen LogP contribution in [0.15, 0.2) is 60.1 Å². The van der Waals surface area contributed by atoms with Crippen molar-refractivity contribution in [3.63, 3.8) is 0 Å². The van der Waals surface area contributed by atoms with Gasteiger partial charge in [-0.2, -0.15) is 10.1 Å². The highest BCUT2D eigenvalue weighted by Crippen LogP contribution is 2.38. The third kappa shape index (κ3) is 4.06. The highest BCUT2D eigenvalue weighted by Gasteiger charge is 2.32. The molecule has 1 aromatic heterocycles. The maximum atomic E-state index is 12.2. The van der Waals surface area contributed by atoms with E-state index in [1.54, 1.807) is 11.6 Å². The van der Waals surface area contributed by atoms with Crippen LogP contribution < -0.4 is 20.5 Å². The second-order valence-corrected chi connectivity index (χ2v) is 7.39. The third-order valence-corrected chi connectivity index (χ3v) is 5.35. The van der Waals surface area contributed by atoms with E-state index in [1.165, 1.54) is 6.33 Å². The van der Waals surface area contributed by atoms with Crippen LogP contribution in [0.25, 0.3) is 0 Å². The van der Waals surface area contributed by atoms with E-state index in [0.29, 0.717) is 47.0 Å². The molecular formula is C22H22ClN5O3. The molecule has 9 heteroatoms. The van der Waals surface area contributed by atoms with Gasteiger partial charge in [0.1, 0.15) is 19.0 Å². The first-order chi connectivity index (χ1) is 15.0. The minimum absolute atomic E-state index is 0.297. The van der Waals surface area contributed by atoms with Crippen LogP contribution in [0, 0.1) is 0 Å². The summed E-state index contributed by atoms with van der Waals surface area (Å²) in [5.41, 5.74) is 8.38. The highest BCUT2D eigenvalue weighted by molar-refractivity contribution is 6.31. The monoisotopic (exact) mass is 439 g/mol. The van der Waals surface area contributed by atoms with E-state index in [4.69, 9.17) is 26.8 Å². The quantitative estimate of drug-likeness (QED) is 0.581. The zero-order chi connectivity index (χ0) is 22.0. The third-order valence-electron chi connectivity index (χ3n) is 4.98. The number of aromatic nitrogens is 3. The Morgan fingerprint density at radius 1 is 1.23 bits per heavy atom. The molecule has 0 spiro atoms. The Hall–Kier alpha value is -3.52. The van der Waals surface area contributed by atoms with E-state index < -0.39 is 11.9 Å². The Morgan fingerprint density at radius 3 is 2.77 bits per heavy atom. The lowest BCUT2D eigenvalue weighted by molar-refractivity contribution is -0.115. The van der Waals surface area contributed by atoms with Crippen LogP contribution in [-0.2, 0) is 11.4 Å². The number of amides is 1. The fraction of sp³-hybridized carbons (Fsp3) is 0.227. The Kier molecular flexibility index (Phi) is 5.81. The summed E-state index contributed by atoms with van der Waals surface area (Å²) in [5, 5.41) is 7.98. The molecule has 2 heterocycles. The number of primary amides is 1. The number of carbonyl (C=O) groups is 1. The first-order valence-electron chi connectivity index (χ1n) is 9.79. The van der Waals surface area contributed by atoms with Gasteiger partial charge in [-0.25, -0.2) is 4.68 Å². The molecule has 0 saturated carbocycles. The smallest absolute Gasteiger partial charge is 0.248 e. The SMILES string of the molecule is CCOc1cc(C2C(C(N)=O)=C(C)Nc3ncnn32)ccc1OCc1ccccc1Cl. The number of halogens is 1. The second kappa shape index (κ2) is 8.69. The first kappa shape index (κ1) is 20.7. The van der Waals surface area contributed by atoms with Gasteiger partial charge in [0.25, 0.3) is 0 Å². The molecule has 0 saturated heterocycles. The van der Waals surface area contributed by atoms with Gasteiger partial charge in [-0.1, -0.05) is 35.9 Å². The van der Waals surface area contributed by atoms with E-state index >= 15 is 0 Å². The van der Waals surface area contributed by atoms with Gasteiger partial charge in [0.15, 0.2) is 11.5 Å². The molecule has 3 N–H and O–H groups in total. The first-order valence-corrected chi connectivity index (χ1v) is 10.2. The summed E-state index contributed by atoms with van der Waals surface area (Å²) >= 11 is 6.23. The number of rotatable bonds is 7. The molecule has 1 amide bonds. The number of carbonyl (C=O) groups excluding carboxylic acids is 1. The molecule has 0 bridgehead atoms. The lowest BCUT2D eigenvalue weighted by atomic mass is 9.95. The number of ether oxygens (including phenoxy) is 2. The van der Waals surface area contributed by atoms with Crippen LogP contribution in [0.3, 0.4) is 0 Å². The summed E-state index contributed by atoms with van der Waals surface area (Å²) in [7, 11) is 0. The summed E-state index contributed by atoms with van der Waals surface area (Å²) < 4.78 is 13.4. The summed E-state index contributed by atoms with van der Waals surface area (Å²) in [6, 6.07) is 12.5. The standard InChI is InChI=1S/C22H22ClN5O3/c1-3-30-18-10-14(8-9-17(18)31-11-15-6-4-5-7-16(15)23)20-19(21(24)29)13(2)27-22-25-12-26-28(20)22/h4-10,12,20H,3,11H2,1-2H3,(H2,24,29)(H,25,26,27). The lowest BCUT2D eigenvalue weighted by Gasteiger charge is -2.28. The summed E-state index contributed by atoms with van der Waals surface area (Å²) in [6.45, 7) is 4.43. The fourth-order valence-electron chi connectivity index (χ4n) is 3.57. The molecule has 1 aliphatic rings. The van der Waals surface area contributed by atoms with Crippen molar-refractivity contribution in [2.24, 2.45) is 5.73 Å². The van der Waals surface area contributed by atoms with Crippen molar-refractivity contribution in [1.29, 1.82) is 0 Å². The molecule has 3 aromatic rings. The number of nitrogens with zero attached hydrogens (tertiary/aromatic N) is 3. The van der Waals surface area contributed by atoms with Gasteiger partial charge in [0, 0.05) is 16.3 Å². The number of nitrogens with one attached hydrogen (secondary N) is 1. The van der Waals surface area contributed by atoms with Gasteiger partial charge in [-0.3, -0.25) is 4.79 Å². The second-order valence-electron chi connectivity index (χ2n) is 6.98. The van der Waals surface area contributed by atoms with Crippen molar-refractivity contribution >= 4 is 23.5 Å². The molecule has 0 fully saturated rings. The van der Waals surface area contributed by atoms with Crippen molar-refractivity contribution in [3.8, 4) is 11.5 Å². The molecule has 4 rings (SSSR count). The molecule has 160 valence electrons. The van der Waals surface area contributed by atoms with Crippen LogP contribution in [0.1, 0.15) is 31.0 Å². The molecule has 1 aliphatic heterocycles. The molecular weight excluding hydrogens is 418 g/mol.